The highest BCUT2D eigenvalue weighted by Gasteiger charge is 2.30. The molecule has 0 saturated heterocycles. The van der Waals surface area contributed by atoms with Crippen LogP contribution >= 0.6 is 0 Å². The van der Waals surface area contributed by atoms with E-state index < -0.39 is 23.6 Å². The van der Waals surface area contributed by atoms with Gasteiger partial charge in [0.1, 0.15) is 0 Å². The molecular weight excluding hydrogens is 1050 g/mol. The molecule has 4 aromatic carbocycles. The average molecular weight is 1130 g/mol. The number of hydrogen-bond donors (Lipinski definition) is 4. The average Bonchev–Trinajstić information content (AvgIpc) is 3.48. The van der Waals surface area contributed by atoms with Crippen molar-refractivity contribution in [1.82, 2.24) is 15.6 Å². The zero-order chi connectivity index (χ0) is 57.8. The topological polar surface area (TPSA) is 198 Å². The Morgan fingerprint density at radius 3 is 1.65 bits per heavy atom. The van der Waals surface area contributed by atoms with Crippen LogP contribution in [0.1, 0.15) is 81.6 Å². The fourth-order valence-corrected chi connectivity index (χ4v) is 8.27. The third-order valence-electron chi connectivity index (χ3n) is 12.5. The molecule has 0 atom stereocenters. The Hall–Kier alpha value is -6.33. The van der Waals surface area contributed by atoms with Crippen LogP contribution in [0.25, 0.3) is 11.3 Å². The molecule has 17 nitrogen and oxygen atoms in total. The van der Waals surface area contributed by atoms with Gasteiger partial charge in [0.2, 0.25) is 0 Å². The lowest BCUT2D eigenvalue weighted by Gasteiger charge is -2.23. The Bertz CT molecular complexity index is 2610. The second-order valence-corrected chi connectivity index (χ2v) is 18.6. The minimum Gasteiger partial charge on any atom is -0.481 e. The van der Waals surface area contributed by atoms with Gasteiger partial charge >= 0.3 is 12.1 Å². The molecule has 1 heterocycles. The van der Waals surface area contributed by atoms with Crippen molar-refractivity contribution in [1.29, 1.82) is 0 Å². The van der Waals surface area contributed by atoms with Crippen molar-refractivity contribution in [2.24, 2.45) is 0 Å². The summed E-state index contributed by atoms with van der Waals surface area (Å²) in [5, 5.41) is 17.8. The van der Waals surface area contributed by atoms with E-state index in [1.807, 2.05) is 50.2 Å². The number of carbonyl (C=O) groups is 3. The number of amides is 2. The van der Waals surface area contributed by atoms with E-state index in [-0.39, 0.29) is 31.0 Å². The lowest BCUT2D eigenvalue weighted by molar-refractivity contribution is -0.139. The highest BCUT2D eigenvalue weighted by atomic mass is 19.4. The Labute approximate surface area is 474 Å². The van der Waals surface area contributed by atoms with E-state index in [9.17, 15) is 27.6 Å². The van der Waals surface area contributed by atoms with Gasteiger partial charge in [-0.05, 0) is 116 Å². The van der Waals surface area contributed by atoms with E-state index in [4.69, 9.17) is 43.0 Å². The number of halogens is 3. The number of carbonyl (C=O) groups excluding carboxylic acids is 2. The van der Waals surface area contributed by atoms with Crippen LogP contribution in [0.4, 0.5) is 24.5 Å². The summed E-state index contributed by atoms with van der Waals surface area (Å²) in [4.78, 5) is 44.2. The maximum absolute atomic E-state index is 13.8. The molecule has 20 heteroatoms. The lowest BCUT2D eigenvalue weighted by atomic mass is 10.0. The highest BCUT2D eigenvalue weighted by Crippen LogP contribution is 2.33. The number of nitrogens with zero attached hydrogens (tertiary/aromatic N) is 2. The number of hydrogen-bond acceptors (Lipinski definition) is 14. The van der Waals surface area contributed by atoms with Gasteiger partial charge in [0.05, 0.1) is 116 Å². The van der Waals surface area contributed by atoms with Gasteiger partial charge in [-0.15, -0.1) is 0 Å². The third-order valence-corrected chi connectivity index (χ3v) is 12.5. The summed E-state index contributed by atoms with van der Waals surface area (Å²) in [6.07, 6.45) is 0.279. The van der Waals surface area contributed by atoms with Crippen molar-refractivity contribution in [2.75, 3.05) is 136 Å². The molecule has 0 aliphatic rings. The monoisotopic (exact) mass is 1130 g/mol. The molecule has 0 unspecified atom stereocenters. The van der Waals surface area contributed by atoms with Crippen LogP contribution in [0.2, 0.25) is 0 Å². The standard InChI is InChI=1S/C61H80F3N5O12/c1-3-69(4-2)54-18-19-56(55(44-54)57-43-52(20-22-66-57)59(72)67-46-50-13-7-17-53(42-50)61(62,63)64)68-60(73)51-16-6-11-48(41-51)15-9-25-75-29-33-79-37-39-81-35-31-77-27-23-65-45-49-12-5-10-47(40-49)14-8-24-74-28-32-78-36-38-80-34-30-76-26-21-58(70)71/h5-7,10-13,16-20,22,40-44,65H,3-4,8-9,14-15,21,23-39,45-46H2,1-2H3,(H,67,72)(H,68,73)(H,70,71). The van der Waals surface area contributed by atoms with Gasteiger partial charge in [-0.1, -0.05) is 48.5 Å². The minimum atomic E-state index is -4.50. The molecule has 4 N–H and O–H groups in total. The number of ether oxygens (including phenoxy) is 8. The van der Waals surface area contributed by atoms with Crippen molar-refractivity contribution in [2.45, 2.75) is 65.2 Å². The molecule has 442 valence electrons. The Balaban J connectivity index is 0.884. The number of alkyl halides is 3. The zero-order valence-electron chi connectivity index (χ0n) is 46.7. The summed E-state index contributed by atoms with van der Waals surface area (Å²) < 4.78 is 84.4. The SMILES string of the molecule is CCN(CC)c1ccc(NC(=O)c2cccc(CCCOCCOCCOCCOCCNCc3cccc(CCCOCCOCCOCCOCCC(=O)O)c3)c2)c(-c2cc(C(=O)NCc3cccc(C(F)(F)F)c3)ccn2)c1. The third kappa shape index (κ3) is 26.4. The smallest absolute Gasteiger partial charge is 0.416 e. The maximum atomic E-state index is 13.8. The molecule has 0 radical (unpaired) electrons. The van der Waals surface area contributed by atoms with Crippen molar-refractivity contribution in [3.8, 4) is 11.3 Å². The van der Waals surface area contributed by atoms with E-state index >= 15 is 0 Å². The Morgan fingerprint density at radius 2 is 1.06 bits per heavy atom. The first-order valence-corrected chi connectivity index (χ1v) is 27.8. The number of carboxylic acid groups (broad SMARTS) is 1. The van der Waals surface area contributed by atoms with Crippen LogP contribution in [0.5, 0.6) is 0 Å². The van der Waals surface area contributed by atoms with Crippen molar-refractivity contribution < 1.29 is 70.6 Å². The first-order valence-electron chi connectivity index (χ1n) is 27.8. The fraction of sp³-hybridized carbons (Fsp3) is 0.475. The molecule has 5 aromatic rings. The molecule has 0 spiro atoms. The second-order valence-electron chi connectivity index (χ2n) is 18.6. The van der Waals surface area contributed by atoms with Crippen molar-refractivity contribution >= 4 is 29.2 Å². The molecule has 5 rings (SSSR count). The van der Waals surface area contributed by atoms with E-state index in [0.717, 1.165) is 68.8 Å². The molecule has 81 heavy (non-hydrogen) atoms. The predicted molar refractivity (Wildman–Crippen MR) is 304 cm³/mol. The molecule has 0 aliphatic heterocycles. The predicted octanol–water partition coefficient (Wildman–Crippen LogP) is 9.06. The van der Waals surface area contributed by atoms with Crippen LogP contribution < -0.4 is 20.9 Å². The van der Waals surface area contributed by atoms with E-state index in [2.05, 4.69) is 50.1 Å². The van der Waals surface area contributed by atoms with E-state index in [1.165, 1.54) is 35.5 Å². The summed E-state index contributed by atoms with van der Waals surface area (Å²) in [5.41, 5.74) is 6.16. The Morgan fingerprint density at radius 1 is 0.543 bits per heavy atom. The number of rotatable bonds is 43. The molecule has 0 fully saturated rings. The number of aliphatic carboxylic acids is 1. The molecule has 2 amide bonds. The van der Waals surface area contributed by atoms with Crippen LogP contribution in [0, 0.1) is 0 Å². The summed E-state index contributed by atoms with van der Waals surface area (Å²) >= 11 is 0. The summed E-state index contributed by atoms with van der Waals surface area (Å²) in [6, 6.07) is 29.6. The Kier molecular flexibility index (Phi) is 31.0. The first-order chi connectivity index (χ1) is 39.4. The van der Waals surface area contributed by atoms with Gasteiger partial charge in [-0.2, -0.15) is 13.2 Å². The largest absolute Gasteiger partial charge is 0.481 e. The van der Waals surface area contributed by atoms with Crippen LogP contribution in [-0.4, -0.2) is 153 Å². The van der Waals surface area contributed by atoms with Crippen LogP contribution in [0.15, 0.2) is 109 Å². The molecule has 0 saturated carbocycles. The van der Waals surface area contributed by atoms with Crippen molar-refractivity contribution in [3.05, 3.63) is 148 Å². The van der Waals surface area contributed by atoms with Crippen LogP contribution in [0.3, 0.4) is 0 Å². The number of pyridine rings is 1. The van der Waals surface area contributed by atoms with Gasteiger partial charge in [0.15, 0.2) is 0 Å². The molecule has 1 aromatic heterocycles. The van der Waals surface area contributed by atoms with Gasteiger partial charge in [-0.3, -0.25) is 19.4 Å². The molecule has 0 bridgehead atoms. The van der Waals surface area contributed by atoms with Gasteiger partial charge < -0.3 is 63.9 Å². The van der Waals surface area contributed by atoms with Gasteiger partial charge in [0.25, 0.3) is 11.8 Å². The number of nitrogens with one attached hydrogen (secondary N) is 3. The van der Waals surface area contributed by atoms with Gasteiger partial charge in [-0.25, -0.2) is 0 Å². The first kappa shape index (κ1) is 65.5. The summed E-state index contributed by atoms with van der Waals surface area (Å²) in [5.74, 6) is -1.68. The zero-order valence-corrected chi connectivity index (χ0v) is 46.7. The highest BCUT2D eigenvalue weighted by molar-refractivity contribution is 6.06. The molecular formula is C61H80F3N5O12. The number of benzene rings is 4. The molecule has 0 aliphatic carbocycles. The van der Waals surface area contributed by atoms with E-state index in [1.54, 1.807) is 12.1 Å². The normalized spacial score (nSPS) is 11.5. The lowest BCUT2D eigenvalue weighted by Crippen LogP contribution is -2.23. The number of anilines is 2. The maximum Gasteiger partial charge on any atom is 0.416 e. The fourth-order valence-electron chi connectivity index (χ4n) is 8.27. The number of aryl methyl sites for hydroxylation is 2. The second kappa shape index (κ2) is 38.4. The van der Waals surface area contributed by atoms with Crippen LogP contribution in [-0.2, 0) is 74.8 Å². The quantitative estimate of drug-likeness (QED) is 0.0270. The number of carboxylic acids is 1. The van der Waals surface area contributed by atoms with Crippen molar-refractivity contribution in [3.63, 3.8) is 0 Å². The number of aromatic nitrogens is 1. The summed E-state index contributed by atoms with van der Waals surface area (Å²) in [7, 11) is 0. The summed E-state index contributed by atoms with van der Waals surface area (Å²) in [6.45, 7) is 14.4. The van der Waals surface area contributed by atoms with Gasteiger partial charge in [0, 0.05) is 74.5 Å². The minimum absolute atomic E-state index is 0.0104. The van der Waals surface area contributed by atoms with E-state index in [0.29, 0.717) is 134 Å².